The number of allylic oxidation sites excluding steroid dienone is 1. The van der Waals surface area contributed by atoms with E-state index < -0.39 is 0 Å². The van der Waals surface area contributed by atoms with Gasteiger partial charge in [-0.15, -0.1) is 0 Å². The maximum absolute atomic E-state index is 13.2. The van der Waals surface area contributed by atoms with Crippen molar-refractivity contribution in [1.82, 2.24) is 0 Å². The average molecular weight is 221 g/mol. The molecule has 0 saturated heterocycles. The molecule has 1 aromatic carbocycles. The highest BCUT2D eigenvalue weighted by molar-refractivity contribution is 5.71. The Morgan fingerprint density at radius 1 is 1.44 bits per heavy atom. The first-order valence-electron chi connectivity index (χ1n) is 5.51. The first kappa shape index (κ1) is 11.1. The second-order valence-corrected chi connectivity index (χ2v) is 4.09. The van der Waals surface area contributed by atoms with E-state index in [1.807, 2.05) is 6.08 Å². The molecule has 0 fully saturated rings. The minimum atomic E-state index is -0.240. The molecule has 2 N–H and O–H groups in total. The summed E-state index contributed by atoms with van der Waals surface area (Å²) in [6, 6.07) is 4.66. The van der Waals surface area contributed by atoms with Gasteiger partial charge in [-0.25, -0.2) is 4.39 Å². The van der Waals surface area contributed by atoms with E-state index in [1.165, 1.54) is 12.1 Å². The number of rotatable bonds is 2. The molecular weight excluding hydrogens is 205 g/mol. The second-order valence-electron chi connectivity index (χ2n) is 4.09. The van der Waals surface area contributed by atoms with Gasteiger partial charge >= 0.3 is 0 Å². The molecule has 0 bridgehead atoms. The first-order chi connectivity index (χ1) is 7.70. The van der Waals surface area contributed by atoms with E-state index in [0.29, 0.717) is 5.75 Å². The molecule has 1 aromatic rings. The van der Waals surface area contributed by atoms with Crippen LogP contribution in [0.15, 0.2) is 24.3 Å². The van der Waals surface area contributed by atoms with E-state index in [9.17, 15) is 4.39 Å². The topological polar surface area (TPSA) is 35.2 Å². The van der Waals surface area contributed by atoms with Gasteiger partial charge in [0.15, 0.2) is 0 Å². The highest BCUT2D eigenvalue weighted by Crippen LogP contribution is 2.32. The van der Waals surface area contributed by atoms with Gasteiger partial charge in [0.1, 0.15) is 11.6 Å². The Kier molecular flexibility index (Phi) is 3.25. The third-order valence-electron chi connectivity index (χ3n) is 2.91. The molecule has 2 rings (SSSR count). The Balaban J connectivity index is 2.41. The van der Waals surface area contributed by atoms with Gasteiger partial charge in [0, 0.05) is 11.6 Å². The van der Waals surface area contributed by atoms with Crippen molar-refractivity contribution in [2.45, 2.75) is 25.3 Å². The molecule has 16 heavy (non-hydrogen) atoms. The predicted molar refractivity (Wildman–Crippen MR) is 62.8 cm³/mol. The lowest BCUT2D eigenvalue weighted by Crippen LogP contribution is -2.20. The Morgan fingerprint density at radius 2 is 2.25 bits per heavy atom. The number of hydrogen-bond donors (Lipinski definition) is 1. The van der Waals surface area contributed by atoms with Crippen molar-refractivity contribution in [3.05, 3.63) is 35.7 Å². The normalized spacial score (nSPS) is 20.4. The summed E-state index contributed by atoms with van der Waals surface area (Å²) in [5.41, 5.74) is 7.80. The zero-order valence-corrected chi connectivity index (χ0v) is 9.37. The highest BCUT2D eigenvalue weighted by atomic mass is 19.1. The van der Waals surface area contributed by atoms with E-state index in [2.05, 4.69) is 0 Å². The largest absolute Gasteiger partial charge is 0.496 e. The molecule has 0 amide bonds. The van der Waals surface area contributed by atoms with Crippen LogP contribution < -0.4 is 10.5 Å². The van der Waals surface area contributed by atoms with Gasteiger partial charge in [-0.2, -0.15) is 0 Å². The molecular formula is C13H16FNO. The van der Waals surface area contributed by atoms with Gasteiger partial charge in [0.05, 0.1) is 7.11 Å². The molecule has 0 aromatic heterocycles. The monoisotopic (exact) mass is 221 g/mol. The number of ether oxygens (including phenoxy) is 1. The van der Waals surface area contributed by atoms with E-state index in [4.69, 9.17) is 10.5 Å². The molecule has 0 aliphatic heterocycles. The first-order valence-corrected chi connectivity index (χ1v) is 5.51. The molecule has 1 aliphatic rings. The summed E-state index contributed by atoms with van der Waals surface area (Å²) in [5, 5.41) is 0. The molecule has 1 unspecified atom stereocenters. The number of benzene rings is 1. The summed E-state index contributed by atoms with van der Waals surface area (Å²) < 4.78 is 18.5. The summed E-state index contributed by atoms with van der Waals surface area (Å²) in [4.78, 5) is 0. The molecule has 86 valence electrons. The molecule has 3 heteroatoms. The summed E-state index contributed by atoms with van der Waals surface area (Å²) in [6.07, 6.45) is 5.00. The number of hydrogen-bond acceptors (Lipinski definition) is 2. The van der Waals surface area contributed by atoms with Crippen molar-refractivity contribution in [2.24, 2.45) is 5.73 Å². The molecule has 1 aliphatic carbocycles. The Bertz CT molecular complexity index is 414. The van der Waals surface area contributed by atoms with E-state index in [0.717, 1.165) is 30.4 Å². The molecule has 0 radical (unpaired) electrons. The van der Waals surface area contributed by atoms with Crippen molar-refractivity contribution in [3.63, 3.8) is 0 Å². The highest BCUT2D eigenvalue weighted by Gasteiger charge is 2.15. The molecule has 1 atom stereocenters. The minimum Gasteiger partial charge on any atom is -0.496 e. The Labute approximate surface area is 94.9 Å². The minimum absolute atomic E-state index is 0.0803. The molecule has 0 heterocycles. The van der Waals surface area contributed by atoms with Crippen LogP contribution in [-0.4, -0.2) is 13.2 Å². The maximum atomic E-state index is 13.2. The van der Waals surface area contributed by atoms with Crippen LogP contribution in [0.2, 0.25) is 0 Å². The molecule has 0 saturated carbocycles. The zero-order valence-electron chi connectivity index (χ0n) is 9.37. The van der Waals surface area contributed by atoms with Gasteiger partial charge in [0.2, 0.25) is 0 Å². The van der Waals surface area contributed by atoms with Crippen LogP contribution >= 0.6 is 0 Å². The lowest BCUT2D eigenvalue weighted by Gasteiger charge is -2.19. The van der Waals surface area contributed by atoms with Crippen molar-refractivity contribution in [1.29, 1.82) is 0 Å². The SMILES string of the molecule is COc1ccc(F)cc1C1=CC(N)CCC1. The van der Waals surface area contributed by atoms with E-state index in [-0.39, 0.29) is 11.9 Å². The molecule has 0 spiro atoms. The summed E-state index contributed by atoms with van der Waals surface area (Å²) in [7, 11) is 1.60. The van der Waals surface area contributed by atoms with Crippen molar-refractivity contribution < 1.29 is 9.13 Å². The zero-order chi connectivity index (χ0) is 11.5. The van der Waals surface area contributed by atoms with Gasteiger partial charge in [-0.3, -0.25) is 0 Å². The fraction of sp³-hybridized carbons (Fsp3) is 0.385. The van der Waals surface area contributed by atoms with Gasteiger partial charge in [-0.1, -0.05) is 6.08 Å². The summed E-state index contributed by atoms with van der Waals surface area (Å²) in [6.45, 7) is 0. The Hall–Kier alpha value is -1.35. The lowest BCUT2D eigenvalue weighted by molar-refractivity contribution is 0.412. The van der Waals surface area contributed by atoms with Crippen molar-refractivity contribution >= 4 is 5.57 Å². The fourth-order valence-corrected chi connectivity index (χ4v) is 2.11. The van der Waals surface area contributed by atoms with Gasteiger partial charge in [-0.05, 0) is 43.0 Å². The van der Waals surface area contributed by atoms with Crippen molar-refractivity contribution in [3.8, 4) is 5.75 Å². The second kappa shape index (κ2) is 4.66. The standard InChI is InChI=1S/C13H16FNO/c1-16-13-6-5-10(14)8-12(13)9-3-2-4-11(15)7-9/h5-8,11H,2-4,15H2,1H3. The van der Waals surface area contributed by atoms with Crippen LogP contribution in [0.1, 0.15) is 24.8 Å². The number of methoxy groups -OCH3 is 1. The van der Waals surface area contributed by atoms with Gasteiger partial charge in [0.25, 0.3) is 0 Å². The number of nitrogens with two attached hydrogens (primary N) is 1. The third-order valence-corrected chi connectivity index (χ3v) is 2.91. The van der Waals surface area contributed by atoms with Crippen LogP contribution in [0, 0.1) is 5.82 Å². The average Bonchev–Trinajstić information content (AvgIpc) is 2.29. The maximum Gasteiger partial charge on any atom is 0.126 e. The van der Waals surface area contributed by atoms with Crippen LogP contribution in [0.3, 0.4) is 0 Å². The van der Waals surface area contributed by atoms with Gasteiger partial charge < -0.3 is 10.5 Å². The summed E-state index contributed by atoms with van der Waals surface area (Å²) >= 11 is 0. The fourth-order valence-electron chi connectivity index (χ4n) is 2.11. The predicted octanol–water partition coefficient (Wildman–Crippen LogP) is 2.73. The van der Waals surface area contributed by atoms with Crippen LogP contribution in [-0.2, 0) is 0 Å². The Morgan fingerprint density at radius 3 is 2.94 bits per heavy atom. The molecule has 2 nitrogen and oxygen atoms in total. The van der Waals surface area contributed by atoms with Crippen LogP contribution in [0.4, 0.5) is 4.39 Å². The quantitative estimate of drug-likeness (QED) is 0.833. The smallest absolute Gasteiger partial charge is 0.126 e. The van der Waals surface area contributed by atoms with Crippen molar-refractivity contribution in [2.75, 3.05) is 7.11 Å². The number of halogens is 1. The third kappa shape index (κ3) is 2.25. The summed E-state index contributed by atoms with van der Waals surface area (Å²) in [5.74, 6) is 0.470. The van der Waals surface area contributed by atoms with E-state index in [1.54, 1.807) is 13.2 Å². The van der Waals surface area contributed by atoms with E-state index >= 15 is 0 Å². The van der Waals surface area contributed by atoms with Crippen LogP contribution in [0.25, 0.3) is 5.57 Å². The lowest BCUT2D eigenvalue weighted by atomic mass is 9.91. The van der Waals surface area contributed by atoms with Crippen LogP contribution in [0.5, 0.6) is 5.75 Å².